The molecule has 0 saturated heterocycles. The van der Waals surface area contributed by atoms with Crippen LogP contribution in [-0.4, -0.2) is 19.5 Å². The predicted octanol–water partition coefficient (Wildman–Crippen LogP) is 2.61. The van der Waals surface area contributed by atoms with Gasteiger partial charge in [0.15, 0.2) is 11.5 Å². The van der Waals surface area contributed by atoms with Crippen molar-refractivity contribution in [2.45, 2.75) is 6.92 Å². The van der Waals surface area contributed by atoms with E-state index in [0.29, 0.717) is 17.0 Å². The summed E-state index contributed by atoms with van der Waals surface area (Å²) in [5.74, 6) is 0.359. The van der Waals surface area contributed by atoms with Gasteiger partial charge in [-0.3, -0.25) is 10.1 Å². The van der Waals surface area contributed by atoms with Gasteiger partial charge in [-0.1, -0.05) is 18.2 Å². The summed E-state index contributed by atoms with van der Waals surface area (Å²) < 4.78 is 1.63. The molecule has 3 aromatic rings. The molecule has 0 atom stereocenters. The molecule has 94 valence electrons. The molecule has 0 spiro atoms. The van der Waals surface area contributed by atoms with Crippen molar-refractivity contribution in [1.29, 1.82) is 0 Å². The first-order valence-corrected chi connectivity index (χ1v) is 5.72. The van der Waals surface area contributed by atoms with E-state index in [2.05, 4.69) is 10.1 Å². The molecule has 0 bridgehead atoms. The van der Waals surface area contributed by atoms with E-state index in [4.69, 9.17) is 0 Å². The van der Waals surface area contributed by atoms with Crippen LogP contribution < -0.4 is 0 Å². The summed E-state index contributed by atoms with van der Waals surface area (Å²) in [5.41, 5.74) is 2.15. The van der Waals surface area contributed by atoms with Crippen LogP contribution in [0, 0.1) is 17.0 Å². The molecule has 19 heavy (non-hydrogen) atoms. The molecule has 0 fully saturated rings. The lowest BCUT2D eigenvalue weighted by molar-refractivity contribution is -0.384. The third-order valence-corrected chi connectivity index (χ3v) is 2.82. The molecule has 6 nitrogen and oxygen atoms in total. The molecule has 0 aliphatic carbocycles. The summed E-state index contributed by atoms with van der Waals surface area (Å²) in [6.07, 6.45) is 1.83. The van der Waals surface area contributed by atoms with Crippen molar-refractivity contribution in [3.8, 4) is 11.4 Å². The Labute approximate surface area is 108 Å². The maximum absolute atomic E-state index is 11.0. The lowest BCUT2D eigenvalue weighted by Crippen LogP contribution is -1.93. The van der Waals surface area contributed by atoms with E-state index in [1.165, 1.54) is 6.07 Å². The van der Waals surface area contributed by atoms with Crippen LogP contribution in [0.1, 0.15) is 5.56 Å². The average molecular weight is 254 g/mol. The van der Waals surface area contributed by atoms with Gasteiger partial charge in [-0.2, -0.15) is 0 Å². The molecular weight excluding hydrogens is 244 g/mol. The minimum atomic E-state index is -0.424. The van der Waals surface area contributed by atoms with Crippen molar-refractivity contribution >= 4 is 11.3 Å². The van der Waals surface area contributed by atoms with Crippen molar-refractivity contribution in [3.63, 3.8) is 0 Å². The average Bonchev–Trinajstić information content (AvgIpc) is 2.81. The summed E-state index contributed by atoms with van der Waals surface area (Å²) in [4.78, 5) is 14.9. The highest BCUT2D eigenvalue weighted by Gasteiger charge is 2.17. The van der Waals surface area contributed by atoms with Gasteiger partial charge in [-0.15, -0.1) is 5.10 Å². The summed E-state index contributed by atoms with van der Waals surface area (Å²) in [5, 5.41) is 15.3. The van der Waals surface area contributed by atoms with Gasteiger partial charge in [0.05, 0.1) is 10.5 Å². The number of aryl methyl sites for hydroxylation is 1. The molecule has 0 saturated carbocycles. The topological polar surface area (TPSA) is 73.3 Å². The van der Waals surface area contributed by atoms with Gasteiger partial charge in [0.1, 0.15) is 0 Å². The van der Waals surface area contributed by atoms with Crippen LogP contribution in [-0.2, 0) is 0 Å². The number of nitro benzene ring substituents is 1. The van der Waals surface area contributed by atoms with E-state index >= 15 is 0 Å². The van der Waals surface area contributed by atoms with E-state index < -0.39 is 4.92 Å². The Kier molecular flexibility index (Phi) is 2.49. The number of hydrogen-bond acceptors (Lipinski definition) is 4. The number of nitro groups is 1. The van der Waals surface area contributed by atoms with Crippen LogP contribution >= 0.6 is 0 Å². The van der Waals surface area contributed by atoms with Crippen LogP contribution in [0.2, 0.25) is 0 Å². The molecule has 0 amide bonds. The van der Waals surface area contributed by atoms with Crippen molar-refractivity contribution in [2.75, 3.05) is 0 Å². The summed E-state index contributed by atoms with van der Waals surface area (Å²) in [6.45, 7) is 1.95. The maximum Gasteiger partial charge on any atom is 0.280 e. The van der Waals surface area contributed by atoms with Gasteiger partial charge < -0.3 is 0 Å². The molecule has 6 heteroatoms. The van der Waals surface area contributed by atoms with Gasteiger partial charge in [0.2, 0.25) is 0 Å². The van der Waals surface area contributed by atoms with Gasteiger partial charge >= 0.3 is 0 Å². The van der Waals surface area contributed by atoms with Gasteiger partial charge in [-0.25, -0.2) is 9.50 Å². The molecule has 0 N–H and O–H groups in total. The Morgan fingerprint density at radius 2 is 2.00 bits per heavy atom. The number of para-hydroxylation sites is 1. The molecule has 0 aliphatic rings. The highest BCUT2D eigenvalue weighted by Crippen LogP contribution is 2.27. The van der Waals surface area contributed by atoms with Gasteiger partial charge in [0, 0.05) is 12.3 Å². The predicted molar refractivity (Wildman–Crippen MR) is 69.8 cm³/mol. The largest absolute Gasteiger partial charge is 0.280 e. The van der Waals surface area contributed by atoms with Crippen LogP contribution in [0.15, 0.2) is 42.6 Å². The molecule has 0 aliphatic heterocycles. The Hall–Kier alpha value is -2.76. The number of fused-ring (bicyclic) bond motifs is 1. The Morgan fingerprint density at radius 3 is 2.79 bits per heavy atom. The number of benzene rings is 1. The third kappa shape index (κ3) is 1.93. The fraction of sp³-hybridized carbons (Fsp3) is 0.0769. The van der Waals surface area contributed by atoms with Crippen LogP contribution in [0.4, 0.5) is 5.69 Å². The van der Waals surface area contributed by atoms with E-state index in [9.17, 15) is 10.1 Å². The zero-order chi connectivity index (χ0) is 13.4. The van der Waals surface area contributed by atoms with Crippen molar-refractivity contribution in [2.24, 2.45) is 0 Å². The second-order valence-corrected chi connectivity index (χ2v) is 4.22. The molecule has 3 rings (SSSR count). The molecule has 2 heterocycles. The SMILES string of the molecule is Cc1ccc2nc(-c3ccccc3[N+](=O)[O-])nn2c1. The number of hydrogen-bond donors (Lipinski definition) is 0. The standard InChI is InChI=1S/C13H10N4O2/c1-9-6-7-12-14-13(15-16(12)8-9)10-4-2-3-5-11(10)17(18)19/h2-8H,1H3. The van der Waals surface area contributed by atoms with E-state index in [0.717, 1.165) is 5.56 Å². The first-order valence-electron chi connectivity index (χ1n) is 5.72. The minimum absolute atomic E-state index is 0.00938. The summed E-state index contributed by atoms with van der Waals surface area (Å²) in [7, 11) is 0. The Morgan fingerprint density at radius 1 is 1.21 bits per heavy atom. The van der Waals surface area contributed by atoms with Crippen molar-refractivity contribution < 1.29 is 4.92 Å². The van der Waals surface area contributed by atoms with Crippen molar-refractivity contribution in [3.05, 3.63) is 58.3 Å². The molecule has 0 radical (unpaired) electrons. The van der Waals surface area contributed by atoms with Gasteiger partial charge in [0.25, 0.3) is 5.69 Å². The Bertz CT molecular complexity index is 779. The van der Waals surface area contributed by atoms with Crippen LogP contribution in [0.5, 0.6) is 0 Å². The molecule has 1 aromatic carbocycles. The second kappa shape index (κ2) is 4.16. The third-order valence-electron chi connectivity index (χ3n) is 2.82. The normalized spacial score (nSPS) is 10.8. The smallest absolute Gasteiger partial charge is 0.258 e. The summed E-state index contributed by atoms with van der Waals surface area (Å²) in [6, 6.07) is 10.2. The zero-order valence-electron chi connectivity index (χ0n) is 10.1. The number of aromatic nitrogens is 3. The summed E-state index contributed by atoms with van der Waals surface area (Å²) >= 11 is 0. The van der Waals surface area contributed by atoms with Crippen molar-refractivity contribution in [1.82, 2.24) is 14.6 Å². The number of nitrogens with zero attached hydrogens (tertiary/aromatic N) is 4. The number of pyridine rings is 1. The molecular formula is C13H10N4O2. The fourth-order valence-corrected chi connectivity index (χ4v) is 1.92. The molecule has 0 unspecified atom stereocenters. The molecule has 2 aromatic heterocycles. The lowest BCUT2D eigenvalue weighted by Gasteiger charge is -1.96. The quantitative estimate of drug-likeness (QED) is 0.520. The first-order chi connectivity index (χ1) is 9.15. The fourth-order valence-electron chi connectivity index (χ4n) is 1.92. The lowest BCUT2D eigenvalue weighted by atomic mass is 10.2. The van der Waals surface area contributed by atoms with Gasteiger partial charge in [-0.05, 0) is 24.6 Å². The minimum Gasteiger partial charge on any atom is -0.258 e. The monoisotopic (exact) mass is 254 g/mol. The zero-order valence-corrected chi connectivity index (χ0v) is 10.1. The van der Waals surface area contributed by atoms with Crippen LogP contribution in [0.3, 0.4) is 0 Å². The van der Waals surface area contributed by atoms with E-state index in [1.807, 2.05) is 25.3 Å². The second-order valence-electron chi connectivity index (χ2n) is 4.22. The van der Waals surface area contributed by atoms with Crippen LogP contribution in [0.25, 0.3) is 17.0 Å². The number of rotatable bonds is 2. The van der Waals surface area contributed by atoms with E-state index in [-0.39, 0.29) is 5.69 Å². The Balaban J connectivity index is 2.22. The van der Waals surface area contributed by atoms with E-state index in [1.54, 1.807) is 22.7 Å². The maximum atomic E-state index is 11.0. The highest BCUT2D eigenvalue weighted by atomic mass is 16.6. The highest BCUT2D eigenvalue weighted by molar-refractivity contribution is 5.69. The first kappa shape index (κ1) is 11.3.